The molecule has 2 aliphatic rings. The molecule has 1 unspecified atom stereocenters. The number of carbonyl (C=O) groups is 1. The Morgan fingerprint density at radius 2 is 2.00 bits per heavy atom. The molecule has 27 heavy (non-hydrogen) atoms. The highest BCUT2D eigenvalue weighted by Crippen LogP contribution is 2.54. The van der Waals surface area contributed by atoms with Crippen LogP contribution >= 0.6 is 0 Å². The number of rotatable bonds is 3. The van der Waals surface area contributed by atoms with Crippen molar-refractivity contribution in [1.82, 2.24) is 0 Å². The second-order valence-electron chi connectivity index (χ2n) is 7.23. The number of para-hydroxylation sites is 1. The summed E-state index contributed by atoms with van der Waals surface area (Å²) in [7, 11) is 0. The van der Waals surface area contributed by atoms with Crippen LogP contribution < -0.4 is 9.64 Å². The fraction of sp³-hybridized carbons (Fsp3) is 0.250. The van der Waals surface area contributed by atoms with Crippen molar-refractivity contribution in [3.8, 4) is 5.75 Å². The molecule has 2 aromatic carbocycles. The molecule has 0 radical (unpaired) electrons. The van der Waals surface area contributed by atoms with E-state index >= 15 is 0 Å². The van der Waals surface area contributed by atoms with Crippen LogP contribution in [0.1, 0.15) is 25.0 Å². The molecule has 0 aliphatic carbocycles. The summed E-state index contributed by atoms with van der Waals surface area (Å²) < 4.78 is 6.38. The summed E-state index contributed by atoms with van der Waals surface area (Å²) in [5, 5.41) is 20.5. The van der Waals surface area contributed by atoms with Crippen LogP contribution in [0.4, 0.5) is 11.4 Å². The van der Waals surface area contributed by atoms with E-state index in [4.69, 9.17) is 4.74 Å². The minimum absolute atomic E-state index is 0.0192. The zero-order valence-electron chi connectivity index (χ0n) is 14.9. The Labute approximate surface area is 155 Å². The third kappa shape index (κ3) is 2.31. The SMILES string of the molecule is CC1(C)c2ccccc2N(CC(=O)O)C12C=Cc1cc([N+](=O)[O-])ccc1O2. The second-order valence-corrected chi connectivity index (χ2v) is 7.23. The van der Waals surface area contributed by atoms with Crippen molar-refractivity contribution in [3.05, 3.63) is 69.8 Å². The minimum Gasteiger partial charge on any atom is -0.480 e. The fourth-order valence-electron chi connectivity index (χ4n) is 4.04. The van der Waals surface area contributed by atoms with Crippen LogP contribution in [0.3, 0.4) is 0 Å². The number of nitro groups is 1. The average Bonchev–Trinajstić information content (AvgIpc) is 2.80. The van der Waals surface area contributed by atoms with Crippen LogP contribution in [0.2, 0.25) is 0 Å². The number of hydrogen-bond donors (Lipinski definition) is 1. The van der Waals surface area contributed by atoms with Gasteiger partial charge in [0.2, 0.25) is 5.72 Å². The molecule has 2 aliphatic heterocycles. The molecule has 7 nitrogen and oxygen atoms in total. The maximum Gasteiger partial charge on any atom is 0.323 e. The van der Waals surface area contributed by atoms with Crippen molar-refractivity contribution < 1.29 is 19.6 Å². The first-order valence-electron chi connectivity index (χ1n) is 8.52. The largest absolute Gasteiger partial charge is 0.480 e. The summed E-state index contributed by atoms with van der Waals surface area (Å²) in [6.45, 7) is 3.79. The summed E-state index contributed by atoms with van der Waals surface area (Å²) in [5.74, 6) is -0.479. The fourth-order valence-corrected chi connectivity index (χ4v) is 4.04. The van der Waals surface area contributed by atoms with Gasteiger partial charge in [0, 0.05) is 23.4 Å². The highest BCUT2D eigenvalue weighted by molar-refractivity contribution is 5.80. The van der Waals surface area contributed by atoms with Crippen LogP contribution in [0.15, 0.2) is 48.5 Å². The molecule has 4 rings (SSSR count). The lowest BCUT2D eigenvalue weighted by molar-refractivity contribution is -0.384. The predicted octanol–water partition coefficient (Wildman–Crippen LogP) is 3.58. The molecule has 2 heterocycles. The number of carboxylic acid groups (broad SMARTS) is 1. The van der Waals surface area contributed by atoms with E-state index in [0.29, 0.717) is 11.3 Å². The number of nitrogens with zero attached hydrogens (tertiary/aromatic N) is 2. The number of carboxylic acids is 1. The van der Waals surface area contributed by atoms with E-state index < -0.39 is 22.0 Å². The molecule has 1 N–H and O–H groups in total. The first kappa shape index (κ1) is 17.1. The Hall–Kier alpha value is -3.35. The van der Waals surface area contributed by atoms with E-state index in [0.717, 1.165) is 11.3 Å². The third-order valence-corrected chi connectivity index (χ3v) is 5.42. The summed E-state index contributed by atoms with van der Waals surface area (Å²) in [6, 6.07) is 12.1. The Morgan fingerprint density at radius 3 is 2.70 bits per heavy atom. The molecular weight excluding hydrogens is 348 g/mol. The molecule has 1 spiro atoms. The van der Waals surface area contributed by atoms with Gasteiger partial charge in [-0.25, -0.2) is 0 Å². The number of hydrogen-bond acceptors (Lipinski definition) is 5. The Bertz CT molecular complexity index is 998. The van der Waals surface area contributed by atoms with Crippen molar-refractivity contribution in [2.45, 2.75) is 25.0 Å². The van der Waals surface area contributed by atoms with E-state index in [1.54, 1.807) is 17.0 Å². The van der Waals surface area contributed by atoms with Gasteiger partial charge in [-0.3, -0.25) is 14.9 Å². The maximum atomic E-state index is 11.6. The van der Waals surface area contributed by atoms with Crippen LogP contribution in [0.25, 0.3) is 6.08 Å². The smallest absolute Gasteiger partial charge is 0.323 e. The average molecular weight is 366 g/mol. The Balaban J connectivity index is 1.87. The zero-order chi connectivity index (χ0) is 19.4. The number of anilines is 1. The van der Waals surface area contributed by atoms with Gasteiger partial charge in [-0.05, 0) is 43.7 Å². The van der Waals surface area contributed by atoms with Crippen molar-refractivity contribution in [2.75, 3.05) is 11.4 Å². The first-order valence-corrected chi connectivity index (χ1v) is 8.52. The summed E-state index contributed by atoms with van der Waals surface area (Å²) in [4.78, 5) is 23.9. The van der Waals surface area contributed by atoms with Crippen LogP contribution in [-0.2, 0) is 10.2 Å². The number of nitro benzene ring substituents is 1. The molecule has 2 aromatic rings. The van der Waals surface area contributed by atoms with Crippen LogP contribution in [-0.4, -0.2) is 28.3 Å². The number of benzene rings is 2. The van der Waals surface area contributed by atoms with Gasteiger partial charge in [-0.1, -0.05) is 18.2 Å². The lowest BCUT2D eigenvalue weighted by atomic mass is 9.76. The molecule has 0 saturated carbocycles. The highest BCUT2D eigenvalue weighted by Gasteiger charge is 2.59. The molecular formula is C20H18N2O5. The zero-order valence-corrected chi connectivity index (χ0v) is 14.9. The highest BCUT2D eigenvalue weighted by atomic mass is 16.6. The molecule has 0 aromatic heterocycles. The van der Waals surface area contributed by atoms with Crippen LogP contribution in [0, 0.1) is 10.1 Å². The molecule has 7 heteroatoms. The molecule has 138 valence electrons. The van der Waals surface area contributed by atoms with Crippen molar-refractivity contribution >= 4 is 23.4 Å². The lowest BCUT2D eigenvalue weighted by Gasteiger charge is -2.46. The molecule has 0 amide bonds. The Kier molecular flexibility index (Phi) is 3.53. The normalized spacial score (nSPS) is 21.5. The molecule has 0 saturated heterocycles. The van der Waals surface area contributed by atoms with Gasteiger partial charge in [-0.15, -0.1) is 0 Å². The monoisotopic (exact) mass is 366 g/mol. The summed E-state index contributed by atoms with van der Waals surface area (Å²) >= 11 is 0. The quantitative estimate of drug-likeness (QED) is 0.659. The van der Waals surface area contributed by atoms with E-state index in [1.807, 2.05) is 44.2 Å². The molecule has 0 bridgehead atoms. The topological polar surface area (TPSA) is 92.9 Å². The van der Waals surface area contributed by atoms with Gasteiger partial charge in [0.1, 0.15) is 12.3 Å². The third-order valence-electron chi connectivity index (χ3n) is 5.42. The molecule has 1 atom stereocenters. The maximum absolute atomic E-state index is 11.6. The number of non-ortho nitro benzene ring substituents is 1. The Morgan fingerprint density at radius 1 is 1.26 bits per heavy atom. The van der Waals surface area contributed by atoms with E-state index in [1.165, 1.54) is 12.1 Å². The molecule has 0 fully saturated rings. The standard InChI is InChI=1S/C20H18N2O5/c1-19(2)15-5-3-4-6-16(15)21(12-18(23)24)20(19)10-9-13-11-14(22(25)26)7-8-17(13)27-20/h3-11H,12H2,1-2H3,(H,23,24). The van der Waals surface area contributed by atoms with Crippen molar-refractivity contribution in [2.24, 2.45) is 0 Å². The van der Waals surface area contributed by atoms with Gasteiger partial charge >= 0.3 is 5.97 Å². The number of fused-ring (bicyclic) bond motifs is 2. The van der Waals surface area contributed by atoms with Gasteiger partial charge in [0.25, 0.3) is 5.69 Å². The van der Waals surface area contributed by atoms with Gasteiger partial charge in [-0.2, -0.15) is 0 Å². The number of ether oxygens (including phenoxy) is 1. The van der Waals surface area contributed by atoms with E-state index in [9.17, 15) is 20.0 Å². The van der Waals surface area contributed by atoms with Gasteiger partial charge < -0.3 is 14.7 Å². The predicted molar refractivity (Wildman–Crippen MR) is 99.9 cm³/mol. The van der Waals surface area contributed by atoms with Crippen LogP contribution in [0.5, 0.6) is 5.75 Å². The van der Waals surface area contributed by atoms with Gasteiger partial charge in [0.15, 0.2) is 0 Å². The lowest BCUT2D eigenvalue weighted by Crippen LogP contribution is -2.60. The van der Waals surface area contributed by atoms with Crippen molar-refractivity contribution in [1.29, 1.82) is 0 Å². The number of aliphatic carboxylic acids is 1. The van der Waals surface area contributed by atoms with Crippen molar-refractivity contribution in [3.63, 3.8) is 0 Å². The summed E-state index contributed by atoms with van der Waals surface area (Å²) in [6.07, 6.45) is 3.58. The van der Waals surface area contributed by atoms with E-state index in [2.05, 4.69) is 0 Å². The first-order chi connectivity index (χ1) is 12.8. The van der Waals surface area contributed by atoms with E-state index in [-0.39, 0.29) is 12.2 Å². The van der Waals surface area contributed by atoms with Gasteiger partial charge in [0.05, 0.1) is 10.3 Å². The minimum atomic E-state index is -1.04. The summed E-state index contributed by atoms with van der Waals surface area (Å²) in [5.41, 5.74) is 0.778. The second kappa shape index (κ2) is 5.57.